The molecule has 0 aliphatic carbocycles. The molecule has 0 unspecified atom stereocenters. The third-order valence-corrected chi connectivity index (χ3v) is 8.88. The second kappa shape index (κ2) is 34.6. The summed E-state index contributed by atoms with van der Waals surface area (Å²) in [7, 11) is 0. The summed E-state index contributed by atoms with van der Waals surface area (Å²) in [5.74, 6) is -0.224. The van der Waals surface area contributed by atoms with Crippen LogP contribution in [0.1, 0.15) is 219 Å². The highest BCUT2D eigenvalue weighted by molar-refractivity contribution is 5.75. The summed E-state index contributed by atoms with van der Waals surface area (Å²) in [4.78, 5) is 11.3. The minimum atomic E-state index is -0.224. The van der Waals surface area contributed by atoms with Gasteiger partial charge < -0.3 is 11.1 Å². The standard InChI is InChI=1S/C37H76N2O/c1-3-5-7-9-11-13-15-17-19-21-23-25-27-29-31-33-36(39-35-37(38)40)34-32-30-28-26-24-22-20-18-16-14-12-10-8-6-4-2/h36,39H,3-35H2,1-2H3,(H2,38,40). The smallest absolute Gasteiger partial charge is 0.231 e. The predicted octanol–water partition coefficient (Wildman–Crippen LogP) is 12.0. The molecule has 0 fully saturated rings. The van der Waals surface area contributed by atoms with Crippen molar-refractivity contribution in [3.8, 4) is 0 Å². The van der Waals surface area contributed by atoms with Crippen LogP contribution < -0.4 is 11.1 Å². The van der Waals surface area contributed by atoms with Gasteiger partial charge in [0.05, 0.1) is 6.54 Å². The van der Waals surface area contributed by atoms with E-state index in [4.69, 9.17) is 5.73 Å². The highest BCUT2D eigenvalue weighted by Crippen LogP contribution is 2.17. The number of hydrogen-bond acceptors (Lipinski definition) is 2. The molecule has 3 nitrogen and oxygen atoms in total. The van der Waals surface area contributed by atoms with E-state index in [1.807, 2.05) is 0 Å². The van der Waals surface area contributed by atoms with Gasteiger partial charge in [0.15, 0.2) is 0 Å². The van der Waals surface area contributed by atoms with Crippen LogP contribution in [0.3, 0.4) is 0 Å². The largest absolute Gasteiger partial charge is 0.369 e. The highest BCUT2D eigenvalue weighted by atomic mass is 16.1. The number of hydrogen-bond donors (Lipinski definition) is 2. The Morgan fingerprint density at radius 3 is 0.875 bits per heavy atom. The van der Waals surface area contributed by atoms with Gasteiger partial charge in [-0.25, -0.2) is 0 Å². The van der Waals surface area contributed by atoms with Crippen molar-refractivity contribution in [2.45, 2.75) is 225 Å². The molecule has 40 heavy (non-hydrogen) atoms. The zero-order chi connectivity index (χ0) is 29.2. The van der Waals surface area contributed by atoms with Crippen LogP contribution in [0.4, 0.5) is 0 Å². The summed E-state index contributed by atoms with van der Waals surface area (Å²) in [6.07, 6.45) is 44.7. The predicted molar refractivity (Wildman–Crippen MR) is 180 cm³/mol. The number of carbonyl (C=O) groups is 1. The average molecular weight is 565 g/mol. The van der Waals surface area contributed by atoms with Crippen molar-refractivity contribution in [3.63, 3.8) is 0 Å². The maximum absolute atomic E-state index is 11.3. The van der Waals surface area contributed by atoms with E-state index in [2.05, 4.69) is 19.2 Å². The number of unbranched alkanes of at least 4 members (excludes halogenated alkanes) is 28. The lowest BCUT2D eigenvalue weighted by atomic mass is 9.99. The molecule has 3 N–H and O–H groups in total. The fourth-order valence-electron chi connectivity index (χ4n) is 6.12. The van der Waals surface area contributed by atoms with Crippen LogP contribution in [-0.4, -0.2) is 18.5 Å². The first-order valence-electron chi connectivity index (χ1n) is 18.7. The van der Waals surface area contributed by atoms with E-state index in [1.165, 1.54) is 205 Å². The second-order valence-corrected chi connectivity index (χ2v) is 13.0. The average Bonchev–Trinajstić information content (AvgIpc) is 2.95. The van der Waals surface area contributed by atoms with Crippen molar-refractivity contribution in [1.82, 2.24) is 5.32 Å². The number of nitrogens with two attached hydrogens (primary N) is 1. The van der Waals surface area contributed by atoms with E-state index in [-0.39, 0.29) is 5.91 Å². The van der Waals surface area contributed by atoms with E-state index in [1.54, 1.807) is 0 Å². The van der Waals surface area contributed by atoms with Gasteiger partial charge in [-0.3, -0.25) is 4.79 Å². The van der Waals surface area contributed by atoms with Gasteiger partial charge in [0.25, 0.3) is 0 Å². The van der Waals surface area contributed by atoms with Gasteiger partial charge >= 0.3 is 0 Å². The fourth-order valence-corrected chi connectivity index (χ4v) is 6.12. The van der Waals surface area contributed by atoms with Crippen LogP contribution in [-0.2, 0) is 4.79 Å². The topological polar surface area (TPSA) is 55.1 Å². The molecule has 0 rings (SSSR count). The molecule has 0 aromatic heterocycles. The molecule has 0 aliphatic heterocycles. The zero-order valence-corrected chi connectivity index (χ0v) is 27.9. The van der Waals surface area contributed by atoms with E-state index >= 15 is 0 Å². The van der Waals surface area contributed by atoms with E-state index < -0.39 is 0 Å². The number of rotatable bonds is 35. The minimum Gasteiger partial charge on any atom is -0.369 e. The van der Waals surface area contributed by atoms with Crippen LogP contribution in [0, 0.1) is 0 Å². The zero-order valence-electron chi connectivity index (χ0n) is 27.9. The normalized spacial score (nSPS) is 11.6. The molecule has 0 spiro atoms. The molecule has 0 radical (unpaired) electrons. The lowest BCUT2D eigenvalue weighted by molar-refractivity contribution is -0.117. The fraction of sp³-hybridized carbons (Fsp3) is 0.973. The van der Waals surface area contributed by atoms with Crippen LogP contribution in [0.2, 0.25) is 0 Å². The number of primary amides is 1. The quantitative estimate of drug-likeness (QED) is 0.0752. The summed E-state index contributed by atoms with van der Waals surface area (Å²) >= 11 is 0. The highest BCUT2D eigenvalue weighted by Gasteiger charge is 2.09. The Morgan fingerprint density at radius 2 is 0.650 bits per heavy atom. The molecular formula is C37H76N2O. The molecule has 0 heterocycles. The Morgan fingerprint density at radius 1 is 0.425 bits per heavy atom. The Hall–Kier alpha value is -0.570. The molecule has 0 aromatic carbocycles. The van der Waals surface area contributed by atoms with Gasteiger partial charge in [0, 0.05) is 6.04 Å². The summed E-state index contributed by atoms with van der Waals surface area (Å²) in [5.41, 5.74) is 5.41. The Labute approximate surface area is 253 Å². The molecule has 0 saturated carbocycles. The van der Waals surface area contributed by atoms with Gasteiger partial charge in [-0.1, -0.05) is 206 Å². The van der Waals surface area contributed by atoms with E-state index in [9.17, 15) is 4.79 Å². The maximum Gasteiger partial charge on any atom is 0.231 e. The third-order valence-electron chi connectivity index (χ3n) is 8.88. The Kier molecular flexibility index (Phi) is 34.1. The van der Waals surface area contributed by atoms with Crippen molar-refractivity contribution in [2.24, 2.45) is 5.73 Å². The van der Waals surface area contributed by atoms with Crippen molar-refractivity contribution in [2.75, 3.05) is 6.54 Å². The first kappa shape index (κ1) is 39.4. The molecule has 1 amide bonds. The van der Waals surface area contributed by atoms with Crippen LogP contribution in [0.25, 0.3) is 0 Å². The SMILES string of the molecule is CCCCCCCCCCCCCCCCCC(CCCCCCCCCCCCCCCCC)NCC(N)=O. The molecule has 0 aromatic rings. The maximum atomic E-state index is 11.3. The lowest BCUT2D eigenvalue weighted by Gasteiger charge is -2.18. The third kappa shape index (κ3) is 33.6. The molecule has 3 heteroatoms. The molecule has 0 atom stereocenters. The van der Waals surface area contributed by atoms with Crippen molar-refractivity contribution in [1.29, 1.82) is 0 Å². The molecule has 0 aliphatic rings. The van der Waals surface area contributed by atoms with Gasteiger partial charge in [0.1, 0.15) is 0 Å². The molecule has 0 saturated heterocycles. The first-order valence-corrected chi connectivity index (χ1v) is 18.7. The molecule has 240 valence electrons. The van der Waals surface area contributed by atoms with Gasteiger partial charge in [-0.15, -0.1) is 0 Å². The van der Waals surface area contributed by atoms with E-state index in [0.29, 0.717) is 12.6 Å². The summed E-state index contributed by atoms with van der Waals surface area (Å²) in [6, 6.07) is 0.469. The minimum absolute atomic E-state index is 0.224. The number of nitrogens with one attached hydrogen (secondary N) is 1. The first-order chi connectivity index (χ1) is 19.7. The summed E-state index contributed by atoms with van der Waals surface area (Å²) < 4.78 is 0. The second-order valence-electron chi connectivity index (χ2n) is 13.0. The summed E-state index contributed by atoms with van der Waals surface area (Å²) in [6.45, 7) is 4.92. The van der Waals surface area contributed by atoms with Crippen molar-refractivity contribution >= 4 is 5.91 Å². The number of carbonyl (C=O) groups excluding carboxylic acids is 1. The van der Waals surface area contributed by atoms with E-state index in [0.717, 1.165) is 0 Å². The lowest BCUT2D eigenvalue weighted by Crippen LogP contribution is -2.36. The Balaban J connectivity index is 3.56. The monoisotopic (exact) mass is 565 g/mol. The molecule has 0 bridgehead atoms. The Bertz CT molecular complexity index is 447. The van der Waals surface area contributed by atoms with Crippen molar-refractivity contribution < 1.29 is 4.79 Å². The van der Waals surface area contributed by atoms with Crippen LogP contribution in [0.5, 0.6) is 0 Å². The van der Waals surface area contributed by atoms with Crippen molar-refractivity contribution in [3.05, 3.63) is 0 Å². The number of amides is 1. The molecular weight excluding hydrogens is 488 g/mol. The van der Waals surface area contributed by atoms with Gasteiger partial charge in [0.2, 0.25) is 5.91 Å². The van der Waals surface area contributed by atoms with Gasteiger partial charge in [-0.05, 0) is 12.8 Å². The van der Waals surface area contributed by atoms with Crippen LogP contribution in [0.15, 0.2) is 0 Å². The summed E-state index contributed by atoms with van der Waals surface area (Å²) in [5, 5.41) is 3.44. The van der Waals surface area contributed by atoms with Crippen LogP contribution >= 0.6 is 0 Å². The van der Waals surface area contributed by atoms with Gasteiger partial charge in [-0.2, -0.15) is 0 Å².